The number of aliphatic hydroxyl groups excluding tert-OH is 1. The van der Waals surface area contributed by atoms with Crippen molar-refractivity contribution >= 4 is 34.7 Å². The first-order valence-electron chi connectivity index (χ1n) is 20.2. The van der Waals surface area contributed by atoms with Gasteiger partial charge in [-0.3, -0.25) is 19.4 Å². The van der Waals surface area contributed by atoms with Crippen molar-refractivity contribution in [2.24, 2.45) is 33.8 Å². The lowest BCUT2D eigenvalue weighted by Gasteiger charge is -2.47. The number of hydrogen-bond donors (Lipinski definition) is 2. The Bertz CT molecular complexity index is 1800. The standard InChI is InChI=1S/C41H62N6O11/c1-12-31-41(9,52)37-24(4)33(43-27(7)48)22(2)16-40(8,54-20-29(19-53-37)45-55-21-28-18-47-14-13-42-17-32(47)44-28)36(25(5)34(49)26(6)38(51)57-31)58-39-35(50)30(46(10)11)15-23(3)56-39/h13-14,17-18,22-26,30-31,35-37,39,50,52H,12,15-16,19-21H2,1-11H3/b43-33?,45-29+/t22-,23-,24+,25+,26-,30+,31-,35-,36-,37-,39+,40-,41-/m1/s1. The number of hydrogen-bond acceptors (Lipinski definition) is 15. The van der Waals surface area contributed by atoms with Gasteiger partial charge in [0.1, 0.15) is 29.4 Å². The molecule has 3 saturated heterocycles. The third-order valence-electron chi connectivity index (χ3n) is 11.8. The van der Waals surface area contributed by atoms with Crippen LogP contribution in [0, 0.1) is 23.7 Å². The van der Waals surface area contributed by atoms with Crippen LogP contribution in [0.15, 0.2) is 34.9 Å². The van der Waals surface area contributed by atoms with Gasteiger partial charge in [0.2, 0.25) is 5.91 Å². The fourth-order valence-corrected chi connectivity index (χ4v) is 8.76. The average Bonchev–Trinajstić information content (AvgIpc) is 3.58. The number of ketones is 1. The van der Waals surface area contributed by atoms with E-state index in [-0.39, 0.29) is 50.5 Å². The molecule has 0 aliphatic carbocycles. The maximum absolute atomic E-state index is 14.5. The summed E-state index contributed by atoms with van der Waals surface area (Å²) in [7, 11) is 3.73. The van der Waals surface area contributed by atoms with Crippen LogP contribution in [0.4, 0.5) is 0 Å². The highest BCUT2D eigenvalue weighted by molar-refractivity contribution is 6.00. The molecule has 0 unspecified atom stereocenters. The minimum absolute atomic E-state index is 0.00238. The number of aliphatic imine (C=N–C) groups is 1. The number of aliphatic hydroxyl groups is 2. The number of ether oxygens (including phenoxy) is 5. The lowest BCUT2D eigenvalue weighted by Crippen LogP contribution is -2.60. The summed E-state index contributed by atoms with van der Waals surface area (Å²) in [5.74, 6) is -5.33. The number of imidazole rings is 1. The molecule has 0 aromatic carbocycles. The van der Waals surface area contributed by atoms with E-state index in [9.17, 15) is 24.6 Å². The number of oxime groups is 1. The van der Waals surface area contributed by atoms with Crippen molar-refractivity contribution in [2.75, 3.05) is 27.3 Å². The zero-order valence-electron chi connectivity index (χ0n) is 35.7. The highest BCUT2D eigenvalue weighted by Gasteiger charge is 2.53. The van der Waals surface area contributed by atoms with E-state index in [0.717, 1.165) is 0 Å². The number of cyclic esters (lactones) is 1. The molecule has 17 nitrogen and oxygen atoms in total. The maximum atomic E-state index is 14.5. The van der Waals surface area contributed by atoms with Crippen molar-refractivity contribution in [3.63, 3.8) is 0 Å². The fraction of sp³-hybridized carbons (Fsp3) is 0.732. The second kappa shape index (κ2) is 18.7. The van der Waals surface area contributed by atoms with Crippen molar-refractivity contribution < 1.29 is 53.1 Å². The van der Waals surface area contributed by atoms with Gasteiger partial charge in [-0.1, -0.05) is 32.9 Å². The van der Waals surface area contributed by atoms with E-state index in [1.807, 2.05) is 32.8 Å². The normalized spacial score (nSPS) is 38.6. The Morgan fingerprint density at radius 3 is 2.50 bits per heavy atom. The number of carbonyl (C=O) groups is 3. The minimum Gasteiger partial charge on any atom is -0.459 e. The summed E-state index contributed by atoms with van der Waals surface area (Å²) in [5.41, 5.74) is -1.34. The Morgan fingerprint density at radius 2 is 1.84 bits per heavy atom. The summed E-state index contributed by atoms with van der Waals surface area (Å²) in [4.78, 5) is 62.0. The number of carbonyl (C=O) groups excluding carboxylic acids is 3. The zero-order valence-corrected chi connectivity index (χ0v) is 35.7. The predicted molar refractivity (Wildman–Crippen MR) is 212 cm³/mol. The molecule has 2 N–H and O–H groups in total. The van der Waals surface area contributed by atoms with Gasteiger partial charge < -0.3 is 48.0 Å². The molecule has 5 rings (SSSR count). The van der Waals surface area contributed by atoms with Crippen molar-refractivity contribution in [3.8, 4) is 0 Å². The van der Waals surface area contributed by atoms with Crippen LogP contribution in [-0.2, 0) is 49.5 Å². The van der Waals surface area contributed by atoms with Crippen LogP contribution in [0.2, 0.25) is 0 Å². The van der Waals surface area contributed by atoms with Gasteiger partial charge in [-0.25, -0.2) is 9.98 Å². The number of nitrogens with zero attached hydrogens (tertiary/aromatic N) is 6. The lowest BCUT2D eigenvalue weighted by atomic mass is 9.73. The van der Waals surface area contributed by atoms with E-state index < -0.39 is 83.2 Å². The molecule has 0 saturated carbocycles. The van der Waals surface area contributed by atoms with Gasteiger partial charge in [-0.05, 0) is 67.0 Å². The first kappa shape index (κ1) is 45.4. The molecule has 3 fully saturated rings. The first-order chi connectivity index (χ1) is 27.3. The largest absolute Gasteiger partial charge is 0.459 e. The van der Waals surface area contributed by atoms with Gasteiger partial charge in [0.15, 0.2) is 24.3 Å². The average molecular weight is 815 g/mol. The number of amides is 1. The summed E-state index contributed by atoms with van der Waals surface area (Å²) < 4.78 is 34.2. The molecule has 17 heteroatoms. The smallest absolute Gasteiger partial charge is 0.316 e. The number of rotatable bonds is 7. The van der Waals surface area contributed by atoms with E-state index in [1.54, 1.807) is 56.9 Å². The molecule has 3 aliphatic heterocycles. The molecule has 2 bridgehead atoms. The SMILES string of the molecule is CC[C@H]1OC(=O)[C@H](C)C(=O)[C@H](C)[C@@H](O[C@@H]2O[C@H](C)C[C@H](N(C)C)[C@H]2O)[C@@]2(C)C[C@@H](C)C(=NC(C)=O)[C@H](C)[C@@H](OC/C(=N\OCc3cn4ccncc4n3)CO2)[C@]1(C)O. The van der Waals surface area contributed by atoms with Crippen LogP contribution in [0.25, 0.3) is 5.65 Å². The summed E-state index contributed by atoms with van der Waals surface area (Å²) in [5, 5.41) is 28.5. The van der Waals surface area contributed by atoms with Crippen molar-refractivity contribution in [1.82, 2.24) is 19.3 Å². The first-order valence-corrected chi connectivity index (χ1v) is 20.2. The molecule has 0 radical (unpaired) electrons. The van der Waals surface area contributed by atoms with Crippen molar-refractivity contribution in [3.05, 3.63) is 30.5 Å². The highest BCUT2D eigenvalue weighted by atomic mass is 16.7. The minimum atomic E-state index is -1.85. The second-order valence-electron chi connectivity index (χ2n) is 16.9. The van der Waals surface area contributed by atoms with E-state index in [4.69, 9.17) is 28.5 Å². The summed E-state index contributed by atoms with van der Waals surface area (Å²) >= 11 is 0. The second-order valence-corrected chi connectivity index (χ2v) is 16.9. The van der Waals surface area contributed by atoms with Gasteiger partial charge in [0.05, 0.1) is 49.0 Å². The molecular formula is C41H62N6O11. The quantitative estimate of drug-likeness (QED) is 0.234. The molecule has 0 spiro atoms. The van der Waals surface area contributed by atoms with E-state index in [1.165, 1.54) is 20.8 Å². The monoisotopic (exact) mass is 814 g/mol. The van der Waals surface area contributed by atoms with E-state index in [0.29, 0.717) is 23.5 Å². The van der Waals surface area contributed by atoms with E-state index >= 15 is 0 Å². The van der Waals surface area contributed by atoms with Gasteiger partial charge in [-0.15, -0.1) is 0 Å². The Morgan fingerprint density at radius 1 is 1.12 bits per heavy atom. The number of aromatic nitrogens is 3. The molecule has 58 heavy (non-hydrogen) atoms. The predicted octanol–water partition coefficient (Wildman–Crippen LogP) is 3.16. The molecule has 13 atom stereocenters. The third kappa shape index (κ3) is 10.00. The zero-order chi connectivity index (χ0) is 42.7. The van der Waals surface area contributed by atoms with Crippen molar-refractivity contribution in [1.29, 1.82) is 0 Å². The van der Waals surface area contributed by atoms with Crippen LogP contribution in [0.1, 0.15) is 87.3 Å². The van der Waals surface area contributed by atoms with Gasteiger partial charge in [-0.2, -0.15) is 0 Å². The fourth-order valence-electron chi connectivity index (χ4n) is 8.76. The molecule has 1 amide bonds. The Labute approximate surface area is 340 Å². The molecule has 3 aliphatic rings. The van der Waals surface area contributed by atoms with Crippen LogP contribution in [0.3, 0.4) is 0 Å². The summed E-state index contributed by atoms with van der Waals surface area (Å²) in [6, 6.07) is -0.324. The Hall–Kier alpha value is -3.71. The van der Waals surface area contributed by atoms with Crippen LogP contribution < -0.4 is 0 Å². The number of esters is 1. The molecule has 322 valence electrons. The highest BCUT2D eigenvalue weighted by Crippen LogP contribution is 2.40. The number of fused-ring (bicyclic) bond motifs is 6. The summed E-state index contributed by atoms with van der Waals surface area (Å²) in [6.07, 6.45) is 1.71. The van der Waals surface area contributed by atoms with E-state index in [2.05, 4.69) is 20.1 Å². The Balaban J connectivity index is 1.66. The Kier molecular flexibility index (Phi) is 14.6. The molecular weight excluding hydrogens is 752 g/mol. The van der Waals surface area contributed by atoms with Gasteiger partial charge in [0.25, 0.3) is 0 Å². The molecule has 2 aromatic rings. The molecule has 5 heterocycles. The van der Waals surface area contributed by atoms with Gasteiger partial charge in [0, 0.05) is 49.1 Å². The number of Topliss-reactive ketones (excluding diaryl/α,β-unsaturated/α-hetero) is 1. The van der Waals surface area contributed by atoms with Gasteiger partial charge >= 0.3 is 5.97 Å². The summed E-state index contributed by atoms with van der Waals surface area (Å²) in [6.45, 7) is 14.7. The third-order valence-corrected chi connectivity index (χ3v) is 11.8. The molecule has 2 aromatic heterocycles. The topological polar surface area (TPSA) is 205 Å². The van der Waals surface area contributed by atoms with Crippen LogP contribution in [0.5, 0.6) is 0 Å². The number of likely N-dealkylation sites (N-methyl/N-ethyl adjacent to an activating group) is 1. The lowest BCUT2D eigenvalue weighted by molar-refractivity contribution is -0.296. The van der Waals surface area contributed by atoms with Crippen LogP contribution >= 0.6 is 0 Å². The maximum Gasteiger partial charge on any atom is 0.316 e. The van der Waals surface area contributed by atoms with Crippen LogP contribution in [-0.4, -0.2) is 140 Å². The van der Waals surface area contributed by atoms with Crippen molar-refractivity contribution in [2.45, 2.75) is 142 Å².